The Morgan fingerprint density at radius 2 is 1.73 bits per heavy atom. The van der Waals surface area contributed by atoms with Crippen LogP contribution in [0.4, 0.5) is 4.79 Å². The summed E-state index contributed by atoms with van der Waals surface area (Å²) in [4.78, 5) is 26.6. The normalized spacial score (nSPS) is 19.8. The van der Waals surface area contributed by atoms with Gasteiger partial charge >= 0.3 is 6.03 Å². The van der Waals surface area contributed by atoms with Crippen molar-refractivity contribution in [1.29, 1.82) is 0 Å². The van der Waals surface area contributed by atoms with Crippen molar-refractivity contribution in [3.05, 3.63) is 77.9 Å². The lowest BCUT2D eigenvalue weighted by Crippen LogP contribution is -2.43. The van der Waals surface area contributed by atoms with Gasteiger partial charge in [-0.05, 0) is 47.9 Å². The first-order valence-electron chi connectivity index (χ1n) is 9.88. The Balaban J connectivity index is 1.42. The molecular weight excluding hydrogens is 380 g/mol. The maximum Gasteiger partial charge on any atom is 0.325 e. The van der Waals surface area contributed by atoms with Crippen LogP contribution < -0.4 is 10.1 Å². The molecule has 1 fully saturated rings. The number of carbonyl (C=O) groups is 2. The predicted octanol–water partition coefficient (Wildman–Crippen LogP) is 3.36. The molecule has 3 aromatic rings. The van der Waals surface area contributed by atoms with Crippen LogP contribution in [0.15, 0.2) is 66.7 Å². The Bertz CT molecular complexity index is 1110. The summed E-state index contributed by atoms with van der Waals surface area (Å²) in [7, 11) is 0. The van der Waals surface area contributed by atoms with E-state index in [0.717, 1.165) is 26.8 Å². The van der Waals surface area contributed by atoms with Gasteiger partial charge < -0.3 is 15.2 Å². The second kappa shape index (κ2) is 7.80. The van der Waals surface area contributed by atoms with Crippen molar-refractivity contribution in [3.8, 4) is 5.75 Å². The molecule has 0 bridgehead atoms. The molecule has 2 atom stereocenters. The van der Waals surface area contributed by atoms with Crippen LogP contribution in [0.1, 0.15) is 18.1 Å². The van der Waals surface area contributed by atoms with Crippen molar-refractivity contribution in [2.24, 2.45) is 0 Å². The summed E-state index contributed by atoms with van der Waals surface area (Å²) >= 11 is 0. The number of β-amino-alcohol motifs (C(OH)–C–C–N with tert-alkyl or cyclic N) is 1. The number of amides is 3. The van der Waals surface area contributed by atoms with Crippen LogP contribution in [0.2, 0.25) is 0 Å². The third kappa shape index (κ3) is 3.62. The lowest BCUT2D eigenvalue weighted by atomic mass is 9.88. The molecule has 30 heavy (non-hydrogen) atoms. The third-order valence-corrected chi connectivity index (χ3v) is 5.52. The second-order valence-electron chi connectivity index (χ2n) is 7.76. The number of aliphatic hydroxyl groups is 1. The van der Waals surface area contributed by atoms with E-state index in [9.17, 15) is 14.7 Å². The number of fused-ring (bicyclic) bond motifs is 1. The van der Waals surface area contributed by atoms with Crippen LogP contribution in [0.25, 0.3) is 10.8 Å². The molecule has 6 nitrogen and oxygen atoms in total. The Kier molecular flexibility index (Phi) is 5.18. The molecule has 2 N–H and O–H groups in total. The van der Waals surface area contributed by atoms with Crippen LogP contribution in [-0.4, -0.2) is 41.2 Å². The third-order valence-electron chi connectivity index (χ3n) is 5.52. The number of aryl methyl sites for hydroxylation is 1. The number of nitrogens with one attached hydrogen (secondary N) is 1. The maximum atomic E-state index is 13.0. The van der Waals surface area contributed by atoms with Gasteiger partial charge in [-0.15, -0.1) is 0 Å². The van der Waals surface area contributed by atoms with Crippen molar-refractivity contribution in [3.63, 3.8) is 0 Å². The van der Waals surface area contributed by atoms with E-state index in [0.29, 0.717) is 5.75 Å². The number of hydrogen-bond donors (Lipinski definition) is 2. The SMILES string of the molecule is Cc1ccccc1C1(C)NC(=O)N(CC(O)COc2ccc3ccccc3c2)C1=O. The molecule has 0 aromatic heterocycles. The molecule has 1 saturated heterocycles. The molecule has 4 rings (SSSR count). The standard InChI is InChI=1S/C24H24N2O4/c1-16-7-3-6-10-21(16)24(2)22(28)26(23(29)25-24)14-19(27)15-30-20-12-11-17-8-4-5-9-18(17)13-20/h3-13,19,27H,14-15H2,1-2H3,(H,25,29). The Hall–Kier alpha value is -3.38. The van der Waals surface area contributed by atoms with Crippen LogP contribution in [0.5, 0.6) is 5.75 Å². The number of urea groups is 1. The molecule has 0 spiro atoms. The van der Waals surface area contributed by atoms with E-state index < -0.39 is 17.7 Å². The topological polar surface area (TPSA) is 78.9 Å². The van der Waals surface area contributed by atoms with E-state index in [1.165, 1.54) is 0 Å². The van der Waals surface area contributed by atoms with Gasteiger partial charge in [-0.3, -0.25) is 9.69 Å². The first-order valence-corrected chi connectivity index (χ1v) is 9.88. The number of hydrogen-bond acceptors (Lipinski definition) is 4. The zero-order valence-corrected chi connectivity index (χ0v) is 17.0. The van der Waals surface area contributed by atoms with Gasteiger partial charge in [0.1, 0.15) is 24.0 Å². The summed E-state index contributed by atoms with van der Waals surface area (Å²) in [6.07, 6.45) is -1.01. The van der Waals surface area contributed by atoms with Gasteiger partial charge in [0.2, 0.25) is 0 Å². The summed E-state index contributed by atoms with van der Waals surface area (Å²) in [5, 5.41) is 15.3. The van der Waals surface area contributed by atoms with Gasteiger partial charge in [0.05, 0.1) is 6.54 Å². The Morgan fingerprint density at radius 3 is 2.50 bits per heavy atom. The van der Waals surface area contributed by atoms with E-state index in [1.54, 1.807) is 6.92 Å². The molecule has 0 radical (unpaired) electrons. The zero-order valence-electron chi connectivity index (χ0n) is 17.0. The van der Waals surface area contributed by atoms with Gasteiger partial charge in [0.25, 0.3) is 5.91 Å². The molecule has 0 aliphatic carbocycles. The molecule has 3 amide bonds. The largest absolute Gasteiger partial charge is 0.491 e. The summed E-state index contributed by atoms with van der Waals surface area (Å²) in [5.41, 5.74) is 0.505. The summed E-state index contributed by atoms with van der Waals surface area (Å²) in [6.45, 7) is 3.42. The number of aliphatic hydroxyl groups excluding tert-OH is 1. The van der Waals surface area contributed by atoms with Gasteiger partial charge in [-0.1, -0.05) is 54.6 Å². The van der Waals surface area contributed by atoms with Crippen LogP contribution in [0, 0.1) is 6.92 Å². The lowest BCUT2D eigenvalue weighted by Gasteiger charge is -2.24. The Morgan fingerprint density at radius 1 is 1.03 bits per heavy atom. The van der Waals surface area contributed by atoms with Crippen molar-refractivity contribution in [2.75, 3.05) is 13.2 Å². The average molecular weight is 404 g/mol. The molecule has 2 unspecified atom stereocenters. The first kappa shape index (κ1) is 19.9. The molecule has 3 aromatic carbocycles. The minimum atomic E-state index is -1.15. The van der Waals surface area contributed by atoms with Crippen molar-refractivity contribution in [1.82, 2.24) is 10.2 Å². The molecule has 154 valence electrons. The fourth-order valence-electron chi connectivity index (χ4n) is 3.89. The smallest absolute Gasteiger partial charge is 0.325 e. The molecule has 1 aliphatic rings. The molecular formula is C24H24N2O4. The monoisotopic (exact) mass is 404 g/mol. The second-order valence-corrected chi connectivity index (χ2v) is 7.76. The number of imide groups is 1. The number of ether oxygens (including phenoxy) is 1. The fraction of sp³-hybridized carbons (Fsp3) is 0.250. The number of benzene rings is 3. The van der Waals surface area contributed by atoms with E-state index in [4.69, 9.17) is 4.74 Å². The Labute approximate surface area is 175 Å². The van der Waals surface area contributed by atoms with Crippen molar-refractivity contribution >= 4 is 22.7 Å². The van der Waals surface area contributed by atoms with Crippen LogP contribution in [-0.2, 0) is 10.3 Å². The van der Waals surface area contributed by atoms with E-state index in [-0.39, 0.29) is 19.1 Å². The fourth-order valence-corrected chi connectivity index (χ4v) is 3.89. The van der Waals surface area contributed by atoms with Gasteiger partial charge in [0.15, 0.2) is 0 Å². The molecule has 1 heterocycles. The van der Waals surface area contributed by atoms with Crippen LogP contribution in [0.3, 0.4) is 0 Å². The maximum absolute atomic E-state index is 13.0. The quantitative estimate of drug-likeness (QED) is 0.618. The lowest BCUT2D eigenvalue weighted by molar-refractivity contribution is -0.132. The van der Waals surface area contributed by atoms with Gasteiger partial charge in [0, 0.05) is 0 Å². The first-order chi connectivity index (χ1) is 14.4. The highest BCUT2D eigenvalue weighted by molar-refractivity contribution is 6.07. The van der Waals surface area contributed by atoms with E-state index >= 15 is 0 Å². The van der Waals surface area contributed by atoms with Crippen LogP contribution >= 0.6 is 0 Å². The van der Waals surface area contributed by atoms with Crippen molar-refractivity contribution < 1.29 is 19.4 Å². The molecule has 1 aliphatic heterocycles. The highest BCUT2D eigenvalue weighted by atomic mass is 16.5. The average Bonchev–Trinajstić information content (AvgIpc) is 2.96. The highest BCUT2D eigenvalue weighted by Crippen LogP contribution is 2.31. The number of nitrogens with zero attached hydrogens (tertiary/aromatic N) is 1. The van der Waals surface area contributed by atoms with Gasteiger partial charge in [-0.2, -0.15) is 0 Å². The minimum absolute atomic E-state index is 0.0313. The van der Waals surface area contributed by atoms with Gasteiger partial charge in [-0.25, -0.2) is 4.79 Å². The predicted molar refractivity (Wildman–Crippen MR) is 114 cm³/mol. The number of rotatable bonds is 6. The summed E-state index contributed by atoms with van der Waals surface area (Å²) < 4.78 is 5.69. The minimum Gasteiger partial charge on any atom is -0.491 e. The van der Waals surface area contributed by atoms with E-state index in [1.807, 2.05) is 73.7 Å². The van der Waals surface area contributed by atoms with Crippen molar-refractivity contribution in [2.45, 2.75) is 25.5 Å². The van der Waals surface area contributed by atoms with E-state index in [2.05, 4.69) is 5.32 Å². The number of carbonyl (C=O) groups excluding carboxylic acids is 2. The molecule has 6 heteroatoms. The summed E-state index contributed by atoms with van der Waals surface area (Å²) in [5.74, 6) is 0.237. The highest BCUT2D eigenvalue weighted by Gasteiger charge is 2.49. The summed E-state index contributed by atoms with van der Waals surface area (Å²) in [6, 6.07) is 20.5. The molecule has 0 saturated carbocycles. The zero-order chi connectivity index (χ0) is 21.3.